The van der Waals surface area contributed by atoms with Crippen LogP contribution in [0.25, 0.3) is 0 Å². The van der Waals surface area contributed by atoms with E-state index in [1.807, 2.05) is 25.7 Å². The standard InChI is InChI=1S/C10H18N2O.C3H6.C2H6/c1-9-6-12(7-9)10-2-4-11(8-13)5-3-10;1-3-2;1-2/h8-10H,2-7H2,1H3;3H,1H2,2H3;1-2H3. The van der Waals surface area contributed by atoms with E-state index in [1.165, 1.54) is 25.9 Å². The molecule has 2 aliphatic heterocycles. The summed E-state index contributed by atoms with van der Waals surface area (Å²) in [5.74, 6) is 0.893. The molecule has 0 atom stereocenters. The fourth-order valence-electron chi connectivity index (χ4n) is 2.40. The number of amides is 1. The third-order valence-corrected chi connectivity index (χ3v) is 3.26. The SMILES string of the molecule is C=CC.CC.CC1CN(C2CCN(C=O)CC2)C1. The number of likely N-dealkylation sites (tertiary alicyclic amines) is 2. The molecule has 2 fully saturated rings. The van der Waals surface area contributed by atoms with Crippen molar-refractivity contribution in [2.24, 2.45) is 5.92 Å². The summed E-state index contributed by atoms with van der Waals surface area (Å²) >= 11 is 0. The van der Waals surface area contributed by atoms with Crippen molar-refractivity contribution >= 4 is 6.41 Å². The number of carbonyl (C=O) groups excluding carboxylic acids is 1. The van der Waals surface area contributed by atoms with Crippen LogP contribution in [0.2, 0.25) is 0 Å². The van der Waals surface area contributed by atoms with Crippen LogP contribution >= 0.6 is 0 Å². The number of allylic oxidation sites excluding steroid dienone is 1. The molecule has 0 N–H and O–H groups in total. The first-order valence-electron chi connectivity index (χ1n) is 7.21. The first kappa shape index (κ1) is 17.2. The van der Waals surface area contributed by atoms with E-state index in [0.717, 1.165) is 31.5 Å². The second-order valence-corrected chi connectivity index (χ2v) is 4.84. The van der Waals surface area contributed by atoms with Gasteiger partial charge in [0, 0.05) is 32.2 Å². The number of rotatable bonds is 2. The zero-order chi connectivity index (χ0) is 14.0. The van der Waals surface area contributed by atoms with Crippen LogP contribution in [0.15, 0.2) is 12.7 Å². The fourth-order valence-corrected chi connectivity index (χ4v) is 2.40. The van der Waals surface area contributed by atoms with Gasteiger partial charge in [-0.25, -0.2) is 0 Å². The molecule has 2 heterocycles. The number of hydrogen-bond donors (Lipinski definition) is 0. The van der Waals surface area contributed by atoms with E-state index in [1.54, 1.807) is 6.08 Å². The van der Waals surface area contributed by atoms with Crippen molar-refractivity contribution in [3.05, 3.63) is 12.7 Å². The van der Waals surface area contributed by atoms with Gasteiger partial charge in [-0.1, -0.05) is 26.8 Å². The predicted molar refractivity (Wildman–Crippen MR) is 78.6 cm³/mol. The van der Waals surface area contributed by atoms with E-state index in [0.29, 0.717) is 0 Å². The van der Waals surface area contributed by atoms with Crippen molar-refractivity contribution < 1.29 is 4.79 Å². The summed E-state index contributed by atoms with van der Waals surface area (Å²) < 4.78 is 0. The predicted octanol–water partition coefficient (Wildman–Crippen LogP) is 2.78. The van der Waals surface area contributed by atoms with E-state index in [9.17, 15) is 4.79 Å². The van der Waals surface area contributed by atoms with Gasteiger partial charge in [-0.3, -0.25) is 9.69 Å². The molecule has 3 heteroatoms. The molecule has 0 aromatic rings. The van der Waals surface area contributed by atoms with E-state index in [2.05, 4.69) is 18.4 Å². The van der Waals surface area contributed by atoms with Crippen LogP contribution in [0.4, 0.5) is 0 Å². The fraction of sp³-hybridized carbons (Fsp3) is 0.800. The lowest BCUT2D eigenvalue weighted by atomic mass is 9.95. The highest BCUT2D eigenvalue weighted by Crippen LogP contribution is 2.23. The van der Waals surface area contributed by atoms with E-state index in [4.69, 9.17) is 0 Å². The Morgan fingerprint density at radius 2 is 1.61 bits per heavy atom. The Kier molecular flexibility index (Phi) is 9.66. The van der Waals surface area contributed by atoms with Crippen LogP contribution in [-0.4, -0.2) is 48.4 Å². The van der Waals surface area contributed by atoms with E-state index >= 15 is 0 Å². The lowest BCUT2D eigenvalue weighted by Crippen LogP contribution is -2.54. The molecule has 18 heavy (non-hydrogen) atoms. The Morgan fingerprint density at radius 1 is 1.17 bits per heavy atom. The molecule has 0 aromatic heterocycles. The van der Waals surface area contributed by atoms with E-state index < -0.39 is 0 Å². The Balaban J connectivity index is 0.000000509. The van der Waals surface area contributed by atoms with Gasteiger partial charge in [-0.2, -0.15) is 0 Å². The Morgan fingerprint density at radius 3 is 1.94 bits per heavy atom. The summed E-state index contributed by atoms with van der Waals surface area (Å²) in [4.78, 5) is 14.9. The van der Waals surface area contributed by atoms with Crippen LogP contribution in [0.3, 0.4) is 0 Å². The molecule has 0 unspecified atom stereocenters. The van der Waals surface area contributed by atoms with Gasteiger partial charge in [-0.05, 0) is 25.7 Å². The molecule has 3 nitrogen and oxygen atoms in total. The monoisotopic (exact) mass is 254 g/mol. The first-order valence-corrected chi connectivity index (χ1v) is 7.21. The van der Waals surface area contributed by atoms with E-state index in [-0.39, 0.29) is 0 Å². The molecule has 2 saturated heterocycles. The highest BCUT2D eigenvalue weighted by Gasteiger charge is 2.31. The van der Waals surface area contributed by atoms with Crippen LogP contribution < -0.4 is 0 Å². The summed E-state index contributed by atoms with van der Waals surface area (Å²) in [5.41, 5.74) is 0. The van der Waals surface area contributed by atoms with Crippen molar-refractivity contribution in [2.75, 3.05) is 26.2 Å². The van der Waals surface area contributed by atoms with Crippen LogP contribution in [0, 0.1) is 5.92 Å². The topological polar surface area (TPSA) is 23.6 Å². The summed E-state index contributed by atoms with van der Waals surface area (Å²) in [6.45, 7) is 16.0. The maximum atomic E-state index is 10.5. The van der Waals surface area contributed by atoms with Crippen LogP contribution in [-0.2, 0) is 4.79 Å². The van der Waals surface area contributed by atoms with Crippen molar-refractivity contribution in [1.29, 1.82) is 0 Å². The van der Waals surface area contributed by atoms with Gasteiger partial charge in [-0.15, -0.1) is 6.58 Å². The smallest absolute Gasteiger partial charge is 0.209 e. The van der Waals surface area contributed by atoms with Gasteiger partial charge in [0.15, 0.2) is 0 Å². The van der Waals surface area contributed by atoms with Gasteiger partial charge in [0.1, 0.15) is 0 Å². The molecule has 0 radical (unpaired) electrons. The summed E-state index contributed by atoms with van der Waals surface area (Å²) in [6.07, 6.45) is 5.08. The normalized spacial score (nSPS) is 20.8. The van der Waals surface area contributed by atoms with Crippen molar-refractivity contribution in [3.63, 3.8) is 0 Å². The summed E-state index contributed by atoms with van der Waals surface area (Å²) in [7, 11) is 0. The largest absolute Gasteiger partial charge is 0.345 e. The molecule has 0 bridgehead atoms. The Labute approximate surface area is 113 Å². The van der Waals surface area contributed by atoms with Gasteiger partial charge >= 0.3 is 0 Å². The zero-order valence-corrected chi connectivity index (χ0v) is 12.6. The average molecular weight is 254 g/mol. The van der Waals surface area contributed by atoms with Gasteiger partial charge in [0.05, 0.1) is 0 Å². The second kappa shape index (κ2) is 10.1. The van der Waals surface area contributed by atoms with Crippen molar-refractivity contribution in [2.45, 2.75) is 46.6 Å². The molecule has 0 aromatic carbocycles. The lowest BCUT2D eigenvalue weighted by molar-refractivity contribution is -0.120. The molecular weight excluding hydrogens is 224 g/mol. The Hall–Kier alpha value is -0.830. The molecule has 2 rings (SSSR count). The molecular formula is C15H30N2O. The van der Waals surface area contributed by atoms with Gasteiger partial charge in [0.25, 0.3) is 0 Å². The molecule has 0 spiro atoms. The third kappa shape index (κ3) is 5.67. The van der Waals surface area contributed by atoms with Gasteiger partial charge in [0.2, 0.25) is 6.41 Å². The van der Waals surface area contributed by atoms with Gasteiger partial charge < -0.3 is 4.90 Å². The lowest BCUT2D eigenvalue weighted by Gasteiger charge is -2.45. The van der Waals surface area contributed by atoms with Crippen LogP contribution in [0.5, 0.6) is 0 Å². The van der Waals surface area contributed by atoms with Crippen LogP contribution in [0.1, 0.15) is 40.5 Å². The summed E-state index contributed by atoms with van der Waals surface area (Å²) in [5, 5.41) is 0. The molecule has 0 saturated carbocycles. The van der Waals surface area contributed by atoms with Crippen molar-refractivity contribution in [3.8, 4) is 0 Å². The van der Waals surface area contributed by atoms with Crippen molar-refractivity contribution in [1.82, 2.24) is 9.80 Å². The molecule has 106 valence electrons. The quantitative estimate of drug-likeness (QED) is 0.559. The maximum absolute atomic E-state index is 10.5. The second-order valence-electron chi connectivity index (χ2n) is 4.84. The first-order chi connectivity index (χ1) is 8.71. The maximum Gasteiger partial charge on any atom is 0.209 e. The number of nitrogens with zero attached hydrogens (tertiary/aromatic N) is 2. The minimum absolute atomic E-state index is 0.757. The zero-order valence-electron chi connectivity index (χ0n) is 12.6. The molecule has 2 aliphatic rings. The third-order valence-electron chi connectivity index (χ3n) is 3.26. The average Bonchev–Trinajstić information content (AvgIpc) is 2.39. The highest BCUT2D eigenvalue weighted by atomic mass is 16.1. The number of piperidine rings is 1. The minimum Gasteiger partial charge on any atom is -0.345 e. The highest BCUT2D eigenvalue weighted by molar-refractivity contribution is 5.47. The minimum atomic E-state index is 0.757. The summed E-state index contributed by atoms with van der Waals surface area (Å²) in [6, 6.07) is 0.757. The number of carbonyl (C=O) groups is 1. The molecule has 0 aliphatic carbocycles. The number of hydrogen-bond acceptors (Lipinski definition) is 2. The Bertz CT molecular complexity index is 217. The molecule has 1 amide bonds.